The summed E-state index contributed by atoms with van der Waals surface area (Å²) in [7, 11) is 0. The predicted octanol–water partition coefficient (Wildman–Crippen LogP) is 3.80. The summed E-state index contributed by atoms with van der Waals surface area (Å²) in [5.74, 6) is -0.552. The van der Waals surface area contributed by atoms with Gasteiger partial charge in [0, 0.05) is 35.3 Å². The van der Waals surface area contributed by atoms with E-state index in [4.69, 9.17) is 11.6 Å². The third-order valence-electron chi connectivity index (χ3n) is 5.68. The molecule has 4 rings (SSSR count). The smallest absolute Gasteiger partial charge is 0.308 e. The van der Waals surface area contributed by atoms with Gasteiger partial charge in [-0.2, -0.15) is 0 Å². The molecule has 0 saturated carbocycles. The van der Waals surface area contributed by atoms with Crippen molar-refractivity contribution in [2.45, 2.75) is 26.3 Å². The van der Waals surface area contributed by atoms with Crippen molar-refractivity contribution < 1.29 is 14.4 Å². The quantitative estimate of drug-likeness (QED) is 0.573. The molecule has 1 fully saturated rings. The summed E-state index contributed by atoms with van der Waals surface area (Å²) in [5.41, 5.74) is 1.78. The van der Waals surface area contributed by atoms with Crippen LogP contribution in [-0.4, -0.2) is 40.2 Å². The van der Waals surface area contributed by atoms with E-state index in [1.165, 1.54) is 11.5 Å². The van der Waals surface area contributed by atoms with Crippen molar-refractivity contribution >= 4 is 56.4 Å². The highest BCUT2D eigenvalue weighted by molar-refractivity contribution is 7.16. The SMILES string of the molecule is CC(=O)c1cccc(NC(=O)C2CCN(C(=O)Cn3c(=O)sc4ccc(Cl)cc43)CC2)c1. The molecule has 1 aromatic heterocycles. The number of anilines is 1. The van der Waals surface area contributed by atoms with Crippen molar-refractivity contribution in [2.75, 3.05) is 18.4 Å². The van der Waals surface area contributed by atoms with Crippen molar-refractivity contribution in [3.8, 4) is 0 Å². The largest absolute Gasteiger partial charge is 0.341 e. The molecule has 0 atom stereocenters. The molecule has 3 aromatic rings. The first kappa shape index (κ1) is 22.2. The topological polar surface area (TPSA) is 88.5 Å². The third kappa shape index (κ3) is 4.76. The van der Waals surface area contributed by atoms with Crippen LogP contribution in [-0.2, 0) is 16.1 Å². The molecule has 0 aliphatic carbocycles. The Bertz CT molecular complexity index is 1260. The molecular weight excluding hydrogens is 450 g/mol. The van der Waals surface area contributed by atoms with E-state index in [9.17, 15) is 19.2 Å². The van der Waals surface area contributed by atoms with Gasteiger partial charge in [-0.25, -0.2) is 0 Å². The number of hydrogen-bond acceptors (Lipinski definition) is 5. The number of fused-ring (bicyclic) bond motifs is 1. The summed E-state index contributed by atoms with van der Waals surface area (Å²) < 4.78 is 2.24. The molecule has 32 heavy (non-hydrogen) atoms. The molecule has 9 heteroatoms. The van der Waals surface area contributed by atoms with Gasteiger partial charge in [0.2, 0.25) is 11.8 Å². The van der Waals surface area contributed by atoms with Crippen molar-refractivity contribution in [3.63, 3.8) is 0 Å². The molecule has 7 nitrogen and oxygen atoms in total. The summed E-state index contributed by atoms with van der Waals surface area (Å²) in [6, 6.07) is 12.0. The first-order chi connectivity index (χ1) is 15.3. The zero-order chi connectivity index (χ0) is 22.8. The number of amides is 2. The monoisotopic (exact) mass is 471 g/mol. The molecule has 0 spiro atoms. The number of hydrogen-bond donors (Lipinski definition) is 1. The van der Waals surface area contributed by atoms with Gasteiger partial charge in [-0.15, -0.1) is 0 Å². The first-order valence-corrected chi connectivity index (χ1v) is 11.5. The van der Waals surface area contributed by atoms with Gasteiger partial charge in [0.1, 0.15) is 6.54 Å². The summed E-state index contributed by atoms with van der Waals surface area (Å²) in [5, 5.41) is 3.38. The average Bonchev–Trinajstić information content (AvgIpc) is 3.08. The number of rotatable bonds is 5. The van der Waals surface area contributed by atoms with Crippen molar-refractivity contribution in [1.29, 1.82) is 0 Å². The Morgan fingerprint density at radius 3 is 2.59 bits per heavy atom. The molecule has 0 unspecified atom stereocenters. The van der Waals surface area contributed by atoms with Gasteiger partial charge in [0.25, 0.3) is 0 Å². The van der Waals surface area contributed by atoms with Crippen molar-refractivity contribution in [2.24, 2.45) is 5.92 Å². The van der Waals surface area contributed by atoms with Crippen molar-refractivity contribution in [1.82, 2.24) is 9.47 Å². The van der Waals surface area contributed by atoms with Crippen LogP contribution in [0.3, 0.4) is 0 Å². The molecule has 2 heterocycles. The Morgan fingerprint density at radius 2 is 1.88 bits per heavy atom. The zero-order valence-corrected chi connectivity index (χ0v) is 19.0. The molecule has 2 aromatic carbocycles. The van der Waals surface area contributed by atoms with Crippen LogP contribution in [0.2, 0.25) is 5.02 Å². The van der Waals surface area contributed by atoms with Crippen LogP contribution in [0.25, 0.3) is 10.2 Å². The Labute approximate surface area is 193 Å². The minimum atomic E-state index is -0.219. The van der Waals surface area contributed by atoms with Gasteiger partial charge >= 0.3 is 4.87 Å². The fourth-order valence-corrected chi connectivity index (χ4v) is 4.91. The van der Waals surface area contributed by atoms with Gasteiger partial charge in [-0.05, 0) is 50.1 Å². The number of thiazole rings is 1. The highest BCUT2D eigenvalue weighted by Crippen LogP contribution is 2.23. The Morgan fingerprint density at radius 1 is 1.12 bits per heavy atom. The van der Waals surface area contributed by atoms with Crippen LogP contribution >= 0.6 is 22.9 Å². The molecule has 0 radical (unpaired) electrons. The van der Waals surface area contributed by atoms with Gasteiger partial charge in [-0.3, -0.25) is 23.7 Å². The highest BCUT2D eigenvalue weighted by Gasteiger charge is 2.28. The van der Waals surface area contributed by atoms with Crippen LogP contribution in [0.4, 0.5) is 5.69 Å². The second kappa shape index (κ2) is 9.26. The lowest BCUT2D eigenvalue weighted by Crippen LogP contribution is -2.43. The molecule has 1 saturated heterocycles. The standard InChI is InChI=1S/C23H22ClN3O4S/c1-14(28)16-3-2-4-18(11-16)25-22(30)15-7-9-26(10-8-15)21(29)13-27-19-12-17(24)5-6-20(19)32-23(27)31/h2-6,11-12,15H,7-10,13H2,1H3,(H,25,30). The molecule has 2 amide bonds. The third-order valence-corrected chi connectivity index (χ3v) is 6.87. The summed E-state index contributed by atoms with van der Waals surface area (Å²) >= 11 is 7.14. The van der Waals surface area contributed by atoms with E-state index in [-0.39, 0.29) is 34.9 Å². The summed E-state index contributed by atoms with van der Waals surface area (Å²) in [6.07, 6.45) is 1.07. The number of ketones is 1. The highest BCUT2D eigenvalue weighted by atomic mass is 35.5. The second-order valence-electron chi connectivity index (χ2n) is 7.85. The molecular formula is C23H22ClN3O4S. The van der Waals surface area contributed by atoms with Crippen LogP contribution in [0.5, 0.6) is 0 Å². The van der Waals surface area contributed by atoms with Crippen LogP contribution < -0.4 is 10.2 Å². The molecule has 1 N–H and O–H groups in total. The minimum Gasteiger partial charge on any atom is -0.341 e. The number of halogens is 1. The molecule has 166 valence electrons. The maximum absolute atomic E-state index is 12.8. The zero-order valence-electron chi connectivity index (χ0n) is 17.5. The number of nitrogens with zero attached hydrogens (tertiary/aromatic N) is 2. The fourth-order valence-electron chi connectivity index (χ4n) is 3.87. The minimum absolute atomic E-state index is 0.0477. The van der Waals surface area contributed by atoms with Crippen molar-refractivity contribution in [3.05, 3.63) is 62.7 Å². The van der Waals surface area contributed by atoms with Crippen LogP contribution in [0.1, 0.15) is 30.1 Å². The maximum Gasteiger partial charge on any atom is 0.308 e. The Kier molecular flexibility index (Phi) is 6.43. The second-order valence-corrected chi connectivity index (χ2v) is 9.28. The molecule has 1 aliphatic heterocycles. The number of aromatic nitrogens is 1. The lowest BCUT2D eigenvalue weighted by atomic mass is 9.95. The number of carbonyl (C=O) groups excluding carboxylic acids is 3. The van der Waals surface area contributed by atoms with E-state index in [1.807, 2.05) is 0 Å². The summed E-state index contributed by atoms with van der Waals surface area (Å²) in [6.45, 7) is 2.33. The van der Waals surface area contributed by atoms with E-state index in [2.05, 4.69) is 5.32 Å². The maximum atomic E-state index is 12.8. The predicted molar refractivity (Wildman–Crippen MR) is 125 cm³/mol. The Hall–Kier alpha value is -2.97. The number of Topliss-reactive ketones (excluding diaryl/α,β-unsaturated/α-hetero) is 1. The van der Waals surface area contributed by atoms with E-state index >= 15 is 0 Å². The first-order valence-electron chi connectivity index (χ1n) is 10.3. The Balaban J connectivity index is 1.36. The summed E-state index contributed by atoms with van der Waals surface area (Å²) in [4.78, 5) is 50.8. The number of carbonyl (C=O) groups is 3. The fraction of sp³-hybridized carbons (Fsp3) is 0.304. The number of piperidine rings is 1. The van der Waals surface area contributed by atoms with E-state index in [1.54, 1.807) is 47.4 Å². The number of benzene rings is 2. The van der Waals surface area contributed by atoms with Gasteiger partial charge in [0.15, 0.2) is 5.78 Å². The van der Waals surface area contributed by atoms with Gasteiger partial charge in [-0.1, -0.05) is 35.1 Å². The van der Waals surface area contributed by atoms with E-state index in [0.29, 0.717) is 47.7 Å². The van der Waals surface area contributed by atoms with E-state index in [0.717, 1.165) is 16.0 Å². The molecule has 1 aliphatic rings. The number of likely N-dealkylation sites (tertiary alicyclic amines) is 1. The molecule has 0 bridgehead atoms. The van der Waals surface area contributed by atoms with E-state index < -0.39 is 0 Å². The lowest BCUT2D eigenvalue weighted by molar-refractivity contribution is -0.135. The van der Waals surface area contributed by atoms with Gasteiger partial charge in [0.05, 0.1) is 10.2 Å². The lowest BCUT2D eigenvalue weighted by Gasteiger charge is -2.31. The normalized spacial score (nSPS) is 14.5. The van der Waals surface area contributed by atoms with Crippen LogP contribution in [0.15, 0.2) is 47.3 Å². The average molecular weight is 472 g/mol. The van der Waals surface area contributed by atoms with Gasteiger partial charge < -0.3 is 10.2 Å². The van der Waals surface area contributed by atoms with Crippen LogP contribution in [0, 0.1) is 5.92 Å². The number of nitrogens with one attached hydrogen (secondary N) is 1.